The van der Waals surface area contributed by atoms with Gasteiger partial charge in [-0.3, -0.25) is 4.79 Å². The Hall–Kier alpha value is -1.26. The van der Waals surface area contributed by atoms with E-state index in [0.29, 0.717) is 6.54 Å². The van der Waals surface area contributed by atoms with Crippen molar-refractivity contribution in [3.05, 3.63) is 51.7 Å². The van der Waals surface area contributed by atoms with Crippen molar-refractivity contribution in [1.29, 1.82) is 0 Å². The molecule has 0 spiro atoms. The Balaban J connectivity index is 2.01. The van der Waals surface area contributed by atoms with Gasteiger partial charge in [-0.25, -0.2) is 0 Å². The highest BCUT2D eigenvalue weighted by Crippen LogP contribution is 2.20. The van der Waals surface area contributed by atoms with Crippen molar-refractivity contribution in [2.75, 3.05) is 6.26 Å². The van der Waals surface area contributed by atoms with E-state index in [2.05, 4.69) is 24.4 Å². The Morgan fingerprint density at radius 2 is 1.95 bits per heavy atom. The van der Waals surface area contributed by atoms with Gasteiger partial charge in [-0.1, -0.05) is 19.1 Å². The van der Waals surface area contributed by atoms with E-state index in [1.165, 1.54) is 9.75 Å². The van der Waals surface area contributed by atoms with Gasteiger partial charge in [-0.2, -0.15) is 0 Å². The number of carbonyl (C=O) groups excluding carboxylic acids is 1. The number of carbonyl (C=O) groups is 1. The van der Waals surface area contributed by atoms with Crippen LogP contribution in [0, 0.1) is 0 Å². The van der Waals surface area contributed by atoms with Crippen molar-refractivity contribution in [2.45, 2.75) is 24.8 Å². The number of aryl methyl sites for hydroxylation is 1. The third kappa shape index (κ3) is 3.61. The van der Waals surface area contributed by atoms with Gasteiger partial charge in [-0.05, 0) is 36.9 Å². The molecule has 19 heavy (non-hydrogen) atoms. The van der Waals surface area contributed by atoms with Gasteiger partial charge >= 0.3 is 0 Å². The molecular weight excluding hydrogens is 274 g/mol. The number of amides is 1. The first-order valence-electron chi connectivity index (χ1n) is 6.23. The van der Waals surface area contributed by atoms with E-state index in [-0.39, 0.29) is 5.91 Å². The van der Waals surface area contributed by atoms with Crippen molar-refractivity contribution in [3.63, 3.8) is 0 Å². The Kier molecular flexibility index (Phi) is 5.05. The zero-order valence-corrected chi connectivity index (χ0v) is 12.7. The Morgan fingerprint density at radius 1 is 1.21 bits per heavy atom. The molecule has 1 N–H and O–H groups in total. The number of hydrogen-bond donors (Lipinski definition) is 1. The highest BCUT2D eigenvalue weighted by atomic mass is 32.2. The predicted molar refractivity (Wildman–Crippen MR) is 83.1 cm³/mol. The Bertz CT molecular complexity index is 563. The SMILES string of the molecule is CCc1ccc(CNC(=O)c2ccccc2SC)s1. The zero-order valence-electron chi connectivity index (χ0n) is 11.1. The minimum atomic E-state index is -0.00333. The maximum Gasteiger partial charge on any atom is 0.252 e. The summed E-state index contributed by atoms with van der Waals surface area (Å²) in [5.41, 5.74) is 0.752. The topological polar surface area (TPSA) is 29.1 Å². The van der Waals surface area contributed by atoms with E-state index in [1.807, 2.05) is 30.5 Å². The lowest BCUT2D eigenvalue weighted by Crippen LogP contribution is -2.22. The summed E-state index contributed by atoms with van der Waals surface area (Å²) in [5.74, 6) is -0.00333. The maximum absolute atomic E-state index is 12.2. The second-order valence-electron chi connectivity index (χ2n) is 4.10. The molecule has 0 saturated carbocycles. The maximum atomic E-state index is 12.2. The summed E-state index contributed by atoms with van der Waals surface area (Å²) >= 11 is 3.36. The van der Waals surface area contributed by atoms with Gasteiger partial charge in [0.05, 0.1) is 12.1 Å². The highest BCUT2D eigenvalue weighted by molar-refractivity contribution is 7.98. The van der Waals surface area contributed by atoms with E-state index in [0.717, 1.165) is 16.9 Å². The fourth-order valence-electron chi connectivity index (χ4n) is 1.80. The molecule has 100 valence electrons. The summed E-state index contributed by atoms with van der Waals surface area (Å²) in [6.45, 7) is 2.75. The van der Waals surface area contributed by atoms with Crippen LogP contribution in [-0.2, 0) is 13.0 Å². The number of thiophene rings is 1. The van der Waals surface area contributed by atoms with Gasteiger partial charge < -0.3 is 5.32 Å². The zero-order chi connectivity index (χ0) is 13.7. The minimum Gasteiger partial charge on any atom is -0.347 e. The summed E-state index contributed by atoms with van der Waals surface area (Å²) < 4.78 is 0. The lowest BCUT2D eigenvalue weighted by atomic mass is 10.2. The molecule has 0 aliphatic heterocycles. The first-order chi connectivity index (χ1) is 9.24. The molecule has 2 nitrogen and oxygen atoms in total. The quantitative estimate of drug-likeness (QED) is 0.845. The van der Waals surface area contributed by atoms with Crippen LogP contribution >= 0.6 is 23.1 Å². The number of benzene rings is 1. The average molecular weight is 291 g/mol. The second kappa shape index (κ2) is 6.78. The summed E-state index contributed by atoms with van der Waals surface area (Å²) in [7, 11) is 0. The van der Waals surface area contributed by atoms with Gasteiger partial charge in [0.25, 0.3) is 5.91 Å². The van der Waals surface area contributed by atoms with Gasteiger partial charge in [0.15, 0.2) is 0 Å². The molecule has 2 aromatic rings. The molecule has 1 amide bonds. The molecule has 0 saturated heterocycles. The fourth-order valence-corrected chi connectivity index (χ4v) is 3.30. The van der Waals surface area contributed by atoms with Crippen LogP contribution in [0.2, 0.25) is 0 Å². The molecule has 0 radical (unpaired) electrons. The number of hydrogen-bond acceptors (Lipinski definition) is 3. The minimum absolute atomic E-state index is 0.00333. The van der Waals surface area contributed by atoms with Gasteiger partial charge in [0, 0.05) is 14.6 Å². The standard InChI is InChI=1S/C15H17NOS2/c1-3-11-8-9-12(19-11)10-16-15(17)13-6-4-5-7-14(13)18-2/h4-9H,3,10H2,1-2H3,(H,16,17). The van der Waals surface area contributed by atoms with E-state index in [1.54, 1.807) is 23.1 Å². The van der Waals surface area contributed by atoms with Crippen LogP contribution in [0.25, 0.3) is 0 Å². The van der Waals surface area contributed by atoms with E-state index >= 15 is 0 Å². The first-order valence-corrected chi connectivity index (χ1v) is 8.27. The third-order valence-corrected chi connectivity index (χ3v) is 4.87. The Morgan fingerprint density at radius 3 is 2.63 bits per heavy atom. The number of thioether (sulfide) groups is 1. The van der Waals surface area contributed by atoms with E-state index < -0.39 is 0 Å². The number of nitrogens with one attached hydrogen (secondary N) is 1. The third-order valence-electron chi connectivity index (χ3n) is 2.84. The molecule has 1 aromatic carbocycles. The molecule has 0 aliphatic rings. The van der Waals surface area contributed by atoms with Crippen molar-refractivity contribution in [2.24, 2.45) is 0 Å². The van der Waals surface area contributed by atoms with Crippen LogP contribution in [0.1, 0.15) is 27.0 Å². The summed E-state index contributed by atoms with van der Waals surface area (Å²) in [6, 6.07) is 11.9. The lowest BCUT2D eigenvalue weighted by Gasteiger charge is -2.07. The van der Waals surface area contributed by atoms with Crippen LogP contribution in [-0.4, -0.2) is 12.2 Å². The van der Waals surface area contributed by atoms with Crippen LogP contribution in [0.5, 0.6) is 0 Å². The van der Waals surface area contributed by atoms with Crippen molar-refractivity contribution >= 4 is 29.0 Å². The second-order valence-corrected chi connectivity index (χ2v) is 6.21. The smallest absolute Gasteiger partial charge is 0.252 e. The van der Waals surface area contributed by atoms with Crippen LogP contribution in [0.15, 0.2) is 41.3 Å². The summed E-state index contributed by atoms with van der Waals surface area (Å²) in [4.78, 5) is 15.7. The summed E-state index contributed by atoms with van der Waals surface area (Å²) in [6.07, 6.45) is 3.03. The largest absolute Gasteiger partial charge is 0.347 e. The molecule has 1 heterocycles. The molecule has 1 aromatic heterocycles. The van der Waals surface area contributed by atoms with Crippen molar-refractivity contribution < 1.29 is 4.79 Å². The van der Waals surface area contributed by atoms with Gasteiger partial charge in [0.1, 0.15) is 0 Å². The van der Waals surface area contributed by atoms with E-state index in [9.17, 15) is 4.79 Å². The van der Waals surface area contributed by atoms with Crippen LogP contribution in [0.3, 0.4) is 0 Å². The number of rotatable bonds is 5. The summed E-state index contributed by atoms with van der Waals surface area (Å²) in [5, 5.41) is 2.99. The van der Waals surface area contributed by atoms with E-state index in [4.69, 9.17) is 0 Å². The molecule has 0 fully saturated rings. The molecule has 0 atom stereocenters. The van der Waals surface area contributed by atoms with Gasteiger partial charge in [-0.15, -0.1) is 23.1 Å². The molecule has 0 unspecified atom stereocenters. The normalized spacial score (nSPS) is 10.4. The molecule has 0 aliphatic carbocycles. The molecular formula is C15H17NOS2. The Labute approximate surface area is 122 Å². The molecule has 0 bridgehead atoms. The lowest BCUT2D eigenvalue weighted by molar-refractivity contribution is 0.0948. The van der Waals surface area contributed by atoms with Crippen LogP contribution < -0.4 is 5.32 Å². The average Bonchev–Trinajstić information content (AvgIpc) is 2.92. The first kappa shape index (κ1) is 14.2. The highest BCUT2D eigenvalue weighted by Gasteiger charge is 2.10. The van der Waals surface area contributed by atoms with Crippen molar-refractivity contribution in [3.8, 4) is 0 Å². The fraction of sp³-hybridized carbons (Fsp3) is 0.267. The van der Waals surface area contributed by atoms with Gasteiger partial charge in [0.2, 0.25) is 0 Å². The monoisotopic (exact) mass is 291 g/mol. The molecule has 2 rings (SSSR count). The van der Waals surface area contributed by atoms with Crippen molar-refractivity contribution in [1.82, 2.24) is 5.32 Å². The predicted octanol–water partition coefficient (Wildman–Crippen LogP) is 3.96. The van der Waals surface area contributed by atoms with Crippen LogP contribution in [0.4, 0.5) is 0 Å². The molecule has 4 heteroatoms.